The van der Waals surface area contributed by atoms with Crippen molar-refractivity contribution in [3.8, 4) is 5.69 Å². The van der Waals surface area contributed by atoms with E-state index in [4.69, 9.17) is 0 Å². The summed E-state index contributed by atoms with van der Waals surface area (Å²) in [5, 5.41) is 10.0. The third kappa shape index (κ3) is 4.04. The molecule has 1 aliphatic heterocycles. The van der Waals surface area contributed by atoms with E-state index >= 15 is 0 Å². The lowest BCUT2D eigenvalue weighted by Crippen LogP contribution is -2.56. The molecule has 0 aliphatic carbocycles. The fourth-order valence-corrected chi connectivity index (χ4v) is 3.56. The van der Waals surface area contributed by atoms with Crippen LogP contribution >= 0.6 is 11.8 Å². The highest BCUT2D eigenvalue weighted by Crippen LogP contribution is 2.28. The number of thioether (sulfide) groups is 1. The summed E-state index contributed by atoms with van der Waals surface area (Å²) < 4.78 is 1.31. The highest BCUT2D eigenvalue weighted by molar-refractivity contribution is 8.01. The van der Waals surface area contributed by atoms with Crippen molar-refractivity contribution in [2.24, 2.45) is 0 Å². The highest BCUT2D eigenvalue weighted by atomic mass is 32.2. The number of hydrogen-bond acceptors (Lipinski definition) is 4. The molecule has 1 atom stereocenters. The summed E-state index contributed by atoms with van der Waals surface area (Å²) in [6, 6.07) is 7.56. The van der Waals surface area contributed by atoms with Crippen molar-refractivity contribution in [1.82, 2.24) is 20.4 Å². The molecule has 1 aromatic heterocycles. The summed E-state index contributed by atoms with van der Waals surface area (Å²) >= 11 is 1.50. The minimum Gasteiger partial charge on any atom is -0.350 e. The number of hydrogen-bond donors (Lipinski definition) is 2. The molecule has 2 heterocycles. The number of aryl methyl sites for hydroxylation is 1. The minimum absolute atomic E-state index is 0.101. The molecule has 2 amide bonds. The number of rotatable bonds is 4. The molecule has 3 rings (SSSR count). The molecule has 132 valence electrons. The van der Waals surface area contributed by atoms with E-state index in [9.17, 15) is 9.59 Å². The zero-order valence-corrected chi connectivity index (χ0v) is 15.4. The first kappa shape index (κ1) is 17.5. The summed E-state index contributed by atoms with van der Waals surface area (Å²) in [4.78, 5) is 24.3. The zero-order valence-electron chi connectivity index (χ0n) is 14.6. The molecule has 0 radical (unpaired) electrons. The van der Waals surface area contributed by atoms with E-state index in [2.05, 4.69) is 15.7 Å². The van der Waals surface area contributed by atoms with Crippen molar-refractivity contribution in [2.45, 2.75) is 38.1 Å². The number of nitrogens with zero attached hydrogens (tertiary/aromatic N) is 2. The minimum atomic E-state index is -0.489. The van der Waals surface area contributed by atoms with Gasteiger partial charge in [0, 0.05) is 24.1 Å². The first-order valence-corrected chi connectivity index (χ1v) is 9.17. The van der Waals surface area contributed by atoms with E-state index in [0.717, 1.165) is 16.8 Å². The Balaban J connectivity index is 1.57. The summed E-state index contributed by atoms with van der Waals surface area (Å²) in [5.41, 5.74) is 3.05. The smallest absolute Gasteiger partial charge is 0.243 e. The Labute approximate surface area is 151 Å². The number of carbonyl (C=O) groups is 2. The van der Waals surface area contributed by atoms with Crippen LogP contribution in [0.25, 0.3) is 5.69 Å². The van der Waals surface area contributed by atoms with Crippen LogP contribution in [0.2, 0.25) is 0 Å². The van der Waals surface area contributed by atoms with E-state index in [1.807, 2.05) is 51.2 Å². The molecule has 1 aliphatic rings. The molecule has 2 aromatic rings. The summed E-state index contributed by atoms with van der Waals surface area (Å²) in [6.07, 6.45) is 3.63. The van der Waals surface area contributed by atoms with Crippen LogP contribution in [0, 0.1) is 6.92 Å². The SMILES string of the molecule is Cc1cccc(-n2cc(CNC(=O)C3CSC(C)(C)C(=O)N3)cn2)c1. The fourth-order valence-electron chi connectivity index (χ4n) is 2.55. The predicted molar refractivity (Wildman–Crippen MR) is 98.6 cm³/mol. The molecule has 7 heteroatoms. The quantitative estimate of drug-likeness (QED) is 0.874. The lowest BCUT2D eigenvalue weighted by atomic mass is 10.1. The third-order valence-electron chi connectivity index (χ3n) is 4.15. The molecule has 1 unspecified atom stereocenters. The van der Waals surface area contributed by atoms with Gasteiger partial charge < -0.3 is 10.6 Å². The van der Waals surface area contributed by atoms with Gasteiger partial charge in [-0.2, -0.15) is 5.10 Å². The van der Waals surface area contributed by atoms with Gasteiger partial charge in [-0.05, 0) is 38.5 Å². The summed E-state index contributed by atoms with van der Waals surface area (Å²) in [5.74, 6) is 0.309. The van der Waals surface area contributed by atoms with Crippen molar-refractivity contribution in [3.63, 3.8) is 0 Å². The zero-order chi connectivity index (χ0) is 18.0. The van der Waals surface area contributed by atoms with Gasteiger partial charge in [-0.25, -0.2) is 4.68 Å². The summed E-state index contributed by atoms with van der Waals surface area (Å²) in [6.45, 7) is 6.14. The van der Waals surface area contributed by atoms with Crippen molar-refractivity contribution in [1.29, 1.82) is 0 Å². The topological polar surface area (TPSA) is 76.0 Å². The molecular weight excluding hydrogens is 336 g/mol. The monoisotopic (exact) mass is 358 g/mol. The molecule has 0 saturated carbocycles. The van der Waals surface area contributed by atoms with Gasteiger partial charge in [0.2, 0.25) is 11.8 Å². The molecular formula is C18H22N4O2S. The first-order valence-electron chi connectivity index (χ1n) is 8.18. The van der Waals surface area contributed by atoms with Crippen molar-refractivity contribution < 1.29 is 9.59 Å². The molecule has 1 saturated heterocycles. The fraction of sp³-hybridized carbons (Fsp3) is 0.389. The van der Waals surface area contributed by atoms with Crippen molar-refractivity contribution in [3.05, 3.63) is 47.8 Å². The molecule has 6 nitrogen and oxygen atoms in total. The number of carbonyl (C=O) groups excluding carboxylic acids is 2. The van der Waals surface area contributed by atoms with Crippen LogP contribution in [0.4, 0.5) is 0 Å². The van der Waals surface area contributed by atoms with Gasteiger partial charge in [-0.1, -0.05) is 12.1 Å². The van der Waals surface area contributed by atoms with Gasteiger partial charge in [0.05, 0.1) is 16.6 Å². The molecule has 2 N–H and O–H groups in total. The van der Waals surface area contributed by atoms with Crippen molar-refractivity contribution >= 4 is 23.6 Å². The Kier molecular flexibility index (Phi) is 4.85. The Hall–Kier alpha value is -2.28. The molecule has 1 fully saturated rings. The highest BCUT2D eigenvalue weighted by Gasteiger charge is 2.37. The van der Waals surface area contributed by atoms with Crippen LogP contribution in [0.3, 0.4) is 0 Å². The average Bonchev–Trinajstić information content (AvgIpc) is 3.04. The van der Waals surface area contributed by atoms with Gasteiger partial charge in [-0.15, -0.1) is 11.8 Å². The van der Waals surface area contributed by atoms with E-state index in [-0.39, 0.29) is 11.8 Å². The first-order chi connectivity index (χ1) is 11.8. The second-order valence-corrected chi connectivity index (χ2v) is 8.34. The van der Waals surface area contributed by atoms with Gasteiger partial charge in [0.1, 0.15) is 6.04 Å². The number of amides is 2. The molecule has 25 heavy (non-hydrogen) atoms. The van der Waals surface area contributed by atoms with Gasteiger partial charge in [0.15, 0.2) is 0 Å². The largest absolute Gasteiger partial charge is 0.350 e. The van der Waals surface area contributed by atoms with Gasteiger partial charge in [0.25, 0.3) is 0 Å². The van der Waals surface area contributed by atoms with E-state index < -0.39 is 10.8 Å². The Morgan fingerprint density at radius 2 is 2.28 bits per heavy atom. The van der Waals surface area contributed by atoms with Crippen LogP contribution in [-0.4, -0.2) is 38.1 Å². The van der Waals surface area contributed by atoms with Gasteiger partial charge in [-0.3, -0.25) is 9.59 Å². The maximum Gasteiger partial charge on any atom is 0.243 e. The lowest BCUT2D eigenvalue weighted by molar-refractivity contribution is -0.129. The van der Waals surface area contributed by atoms with Crippen LogP contribution < -0.4 is 10.6 Å². The van der Waals surface area contributed by atoms with Crippen LogP contribution in [-0.2, 0) is 16.1 Å². The lowest BCUT2D eigenvalue weighted by Gasteiger charge is -2.32. The Morgan fingerprint density at radius 3 is 3.00 bits per heavy atom. The van der Waals surface area contributed by atoms with E-state index in [1.54, 1.807) is 10.9 Å². The third-order valence-corrected chi connectivity index (χ3v) is 5.56. The maximum absolute atomic E-state index is 12.3. The average molecular weight is 358 g/mol. The van der Waals surface area contributed by atoms with Crippen LogP contribution in [0.1, 0.15) is 25.0 Å². The Morgan fingerprint density at radius 1 is 1.48 bits per heavy atom. The molecule has 1 aromatic carbocycles. The number of benzene rings is 1. The van der Waals surface area contributed by atoms with E-state index in [1.165, 1.54) is 11.8 Å². The predicted octanol–water partition coefficient (Wildman–Crippen LogP) is 1.81. The second-order valence-electron chi connectivity index (χ2n) is 6.70. The van der Waals surface area contributed by atoms with E-state index in [0.29, 0.717) is 12.3 Å². The van der Waals surface area contributed by atoms with Crippen molar-refractivity contribution in [2.75, 3.05) is 5.75 Å². The Bertz CT molecular complexity index is 800. The maximum atomic E-state index is 12.3. The van der Waals surface area contributed by atoms with Gasteiger partial charge >= 0.3 is 0 Å². The number of nitrogens with one attached hydrogen (secondary N) is 2. The standard InChI is InChI=1S/C18H22N4O2S/c1-12-5-4-6-14(7-12)22-10-13(9-20-22)8-19-16(23)15-11-25-18(2,3)17(24)21-15/h4-7,9-10,15H,8,11H2,1-3H3,(H,19,23)(H,21,24). The molecule has 0 spiro atoms. The normalized spacial score (nSPS) is 19.3. The summed E-state index contributed by atoms with van der Waals surface area (Å²) in [7, 11) is 0. The molecule has 0 bridgehead atoms. The van der Waals surface area contributed by atoms with Crippen LogP contribution in [0.15, 0.2) is 36.7 Å². The van der Waals surface area contributed by atoms with Crippen LogP contribution in [0.5, 0.6) is 0 Å². The number of aromatic nitrogens is 2. The second kappa shape index (κ2) is 6.92.